The van der Waals surface area contributed by atoms with E-state index >= 15 is 0 Å². The normalized spacial score (nSPS) is 19.5. The van der Waals surface area contributed by atoms with E-state index in [0.717, 1.165) is 5.56 Å². The molecule has 0 spiro atoms. The zero-order chi connectivity index (χ0) is 23.3. The Morgan fingerprint density at radius 2 is 1.78 bits per heavy atom. The van der Waals surface area contributed by atoms with Gasteiger partial charge in [0.2, 0.25) is 5.91 Å². The van der Waals surface area contributed by atoms with E-state index in [1.807, 2.05) is 6.07 Å². The first kappa shape index (κ1) is 23.4. The number of carbonyl (C=O) groups excluding carboxylic acids is 4. The Bertz CT molecular complexity index is 856. The summed E-state index contributed by atoms with van der Waals surface area (Å²) in [6.07, 6.45) is -5.12. The van der Waals surface area contributed by atoms with E-state index in [9.17, 15) is 32.3 Å². The number of piperidine rings is 1. The van der Waals surface area contributed by atoms with Crippen LogP contribution in [0.5, 0.6) is 0 Å². The van der Waals surface area contributed by atoms with Gasteiger partial charge in [0.05, 0.1) is 6.54 Å². The van der Waals surface area contributed by atoms with E-state index in [1.165, 1.54) is 9.80 Å². The van der Waals surface area contributed by atoms with E-state index in [0.29, 0.717) is 12.8 Å². The Kier molecular flexibility index (Phi) is 7.21. The lowest BCUT2D eigenvalue weighted by Crippen LogP contribution is -2.53. The van der Waals surface area contributed by atoms with Crippen molar-refractivity contribution >= 4 is 23.9 Å². The fourth-order valence-electron chi connectivity index (χ4n) is 3.60. The van der Waals surface area contributed by atoms with Crippen LogP contribution >= 0.6 is 0 Å². The third kappa shape index (κ3) is 5.68. The van der Waals surface area contributed by atoms with Gasteiger partial charge in [-0.3, -0.25) is 14.5 Å². The minimum Gasteiger partial charge on any atom is -0.459 e. The highest BCUT2D eigenvalue weighted by molar-refractivity contribution is 5.87. The number of carbonyl (C=O) groups is 4. The smallest absolute Gasteiger partial charge is 0.459 e. The van der Waals surface area contributed by atoms with Crippen molar-refractivity contribution in [1.82, 2.24) is 15.1 Å². The third-order valence-electron chi connectivity index (χ3n) is 5.28. The number of cyclic esters (lactones) is 1. The minimum absolute atomic E-state index is 0.0504. The van der Waals surface area contributed by atoms with Crippen molar-refractivity contribution in [3.63, 3.8) is 0 Å². The molecule has 0 bridgehead atoms. The van der Waals surface area contributed by atoms with E-state index < -0.39 is 48.7 Å². The van der Waals surface area contributed by atoms with Crippen LogP contribution in [0.2, 0.25) is 0 Å². The minimum atomic E-state index is -5.06. The van der Waals surface area contributed by atoms with Gasteiger partial charge in [0, 0.05) is 19.1 Å². The summed E-state index contributed by atoms with van der Waals surface area (Å²) in [4.78, 5) is 50.3. The van der Waals surface area contributed by atoms with Crippen molar-refractivity contribution in [2.45, 2.75) is 37.7 Å². The van der Waals surface area contributed by atoms with Crippen molar-refractivity contribution in [1.29, 1.82) is 0 Å². The third-order valence-corrected chi connectivity index (χ3v) is 5.28. The monoisotopic (exact) mass is 457 g/mol. The lowest BCUT2D eigenvalue weighted by Gasteiger charge is -2.37. The number of halogens is 3. The average molecular weight is 457 g/mol. The van der Waals surface area contributed by atoms with Crippen molar-refractivity contribution in [3.8, 4) is 0 Å². The first-order valence-corrected chi connectivity index (χ1v) is 9.95. The molecular weight excluding hydrogens is 435 g/mol. The lowest BCUT2D eigenvalue weighted by atomic mass is 10.0. The Labute approximate surface area is 181 Å². The van der Waals surface area contributed by atoms with Crippen molar-refractivity contribution < 1.29 is 41.8 Å². The van der Waals surface area contributed by atoms with E-state index in [-0.39, 0.29) is 26.3 Å². The van der Waals surface area contributed by atoms with Gasteiger partial charge >= 0.3 is 24.1 Å². The molecule has 1 N–H and O–H groups in total. The number of ether oxygens (including phenoxy) is 2. The second kappa shape index (κ2) is 9.88. The predicted octanol–water partition coefficient (Wildman–Crippen LogP) is 1.22. The summed E-state index contributed by atoms with van der Waals surface area (Å²) in [5, 5.41) is 1.54. The zero-order valence-electron chi connectivity index (χ0n) is 17.0. The maximum Gasteiger partial charge on any atom is 0.471 e. The number of nitrogens with zero attached hydrogens (tertiary/aromatic N) is 2. The van der Waals surface area contributed by atoms with Gasteiger partial charge in [0.1, 0.15) is 13.2 Å². The summed E-state index contributed by atoms with van der Waals surface area (Å²) in [7, 11) is 0. The number of rotatable bonds is 6. The van der Waals surface area contributed by atoms with E-state index in [4.69, 9.17) is 9.47 Å². The summed E-state index contributed by atoms with van der Waals surface area (Å²) in [6, 6.07) is 7.73. The van der Waals surface area contributed by atoms with Crippen LogP contribution in [0.15, 0.2) is 30.3 Å². The van der Waals surface area contributed by atoms with Crippen LogP contribution in [-0.2, 0) is 30.5 Å². The number of hydrogen-bond acceptors (Lipinski definition) is 6. The molecule has 0 saturated carbocycles. The van der Waals surface area contributed by atoms with Crippen LogP contribution in [0, 0.1) is 0 Å². The second-order valence-electron chi connectivity index (χ2n) is 7.39. The van der Waals surface area contributed by atoms with E-state index in [1.54, 1.807) is 29.6 Å². The molecule has 3 amide bonds. The van der Waals surface area contributed by atoms with Crippen LogP contribution < -0.4 is 5.32 Å². The Morgan fingerprint density at radius 3 is 2.41 bits per heavy atom. The summed E-state index contributed by atoms with van der Waals surface area (Å²) in [5.41, 5.74) is 0.794. The quantitative estimate of drug-likeness (QED) is 0.644. The summed E-state index contributed by atoms with van der Waals surface area (Å²) >= 11 is 0. The van der Waals surface area contributed by atoms with Crippen LogP contribution in [0.4, 0.5) is 18.0 Å². The van der Waals surface area contributed by atoms with Crippen LogP contribution in [0.3, 0.4) is 0 Å². The number of esters is 1. The van der Waals surface area contributed by atoms with Gasteiger partial charge in [-0.25, -0.2) is 9.59 Å². The van der Waals surface area contributed by atoms with Crippen LogP contribution in [0.25, 0.3) is 0 Å². The van der Waals surface area contributed by atoms with Gasteiger partial charge in [-0.1, -0.05) is 30.3 Å². The molecule has 9 nitrogen and oxygen atoms in total. The first-order chi connectivity index (χ1) is 15.2. The molecule has 1 aromatic carbocycles. The second-order valence-corrected chi connectivity index (χ2v) is 7.39. The molecule has 1 atom stereocenters. The van der Waals surface area contributed by atoms with Crippen LogP contribution in [0.1, 0.15) is 18.4 Å². The topological polar surface area (TPSA) is 105 Å². The maximum absolute atomic E-state index is 12.5. The Balaban J connectivity index is 1.50. The molecule has 2 heterocycles. The lowest BCUT2D eigenvalue weighted by molar-refractivity contribution is -0.174. The SMILES string of the molecule is O=C(OCc1ccccc1)[C@@H]1COC(=O)N1C1CCN(C(=O)CNC(=O)C(F)(F)F)CC1. The fraction of sp³-hybridized carbons (Fsp3) is 0.500. The number of benzene rings is 1. The number of likely N-dealkylation sites (tertiary alicyclic amines) is 1. The summed E-state index contributed by atoms with van der Waals surface area (Å²) < 4.78 is 47.0. The maximum atomic E-state index is 12.5. The van der Waals surface area contributed by atoms with Crippen molar-refractivity contribution in [2.75, 3.05) is 26.2 Å². The highest BCUT2D eigenvalue weighted by Gasteiger charge is 2.44. The van der Waals surface area contributed by atoms with Crippen LogP contribution in [-0.4, -0.2) is 78.2 Å². The van der Waals surface area contributed by atoms with Crippen molar-refractivity contribution in [3.05, 3.63) is 35.9 Å². The molecule has 0 aliphatic carbocycles. The number of hydrogen-bond donors (Lipinski definition) is 1. The first-order valence-electron chi connectivity index (χ1n) is 9.95. The standard InChI is InChI=1S/C20H22F3N3O6/c21-20(22,23)18(29)24-10-16(27)25-8-6-14(7-9-25)26-15(12-32-19(26)30)17(28)31-11-13-4-2-1-3-5-13/h1-5,14-15H,6-12H2,(H,24,29)/t15-/m0/s1. The highest BCUT2D eigenvalue weighted by Crippen LogP contribution is 2.25. The molecule has 32 heavy (non-hydrogen) atoms. The van der Waals surface area contributed by atoms with Gasteiger partial charge < -0.3 is 19.7 Å². The molecule has 2 aliphatic heterocycles. The van der Waals surface area contributed by atoms with Gasteiger partial charge in [-0.2, -0.15) is 13.2 Å². The molecule has 174 valence electrons. The number of nitrogens with one attached hydrogen (secondary N) is 1. The molecule has 0 unspecified atom stereocenters. The molecule has 0 radical (unpaired) electrons. The van der Waals surface area contributed by atoms with Crippen molar-refractivity contribution in [2.24, 2.45) is 0 Å². The van der Waals surface area contributed by atoms with Gasteiger partial charge in [-0.05, 0) is 18.4 Å². The van der Waals surface area contributed by atoms with Gasteiger partial charge in [-0.15, -0.1) is 0 Å². The number of amides is 3. The predicted molar refractivity (Wildman–Crippen MR) is 102 cm³/mol. The van der Waals surface area contributed by atoms with Gasteiger partial charge in [0.25, 0.3) is 0 Å². The van der Waals surface area contributed by atoms with Gasteiger partial charge in [0.15, 0.2) is 6.04 Å². The molecule has 2 saturated heterocycles. The zero-order valence-corrected chi connectivity index (χ0v) is 17.0. The number of alkyl halides is 3. The Morgan fingerprint density at radius 1 is 1.12 bits per heavy atom. The molecule has 0 aromatic heterocycles. The van der Waals surface area contributed by atoms with E-state index in [2.05, 4.69) is 0 Å². The Hall–Kier alpha value is -3.31. The summed E-state index contributed by atoms with van der Waals surface area (Å²) in [5.74, 6) is -3.45. The average Bonchev–Trinajstić information content (AvgIpc) is 3.17. The summed E-state index contributed by atoms with van der Waals surface area (Å²) in [6.45, 7) is -0.561. The molecular formula is C20H22F3N3O6. The molecule has 3 rings (SSSR count). The molecule has 1 aromatic rings. The molecule has 2 fully saturated rings. The molecule has 2 aliphatic rings. The fourth-order valence-corrected chi connectivity index (χ4v) is 3.60. The largest absolute Gasteiger partial charge is 0.471 e. The highest BCUT2D eigenvalue weighted by atomic mass is 19.4. The molecule has 12 heteroatoms.